The zero-order chi connectivity index (χ0) is 12.8. The third-order valence-corrected chi connectivity index (χ3v) is 4.39. The average Bonchev–Trinajstić information content (AvgIpc) is 2.42. The fourth-order valence-corrected chi connectivity index (χ4v) is 2.85. The molecule has 1 aromatic carbocycles. The first kappa shape index (κ1) is 13.8. The number of benzene rings is 1. The van der Waals surface area contributed by atoms with Crippen LogP contribution in [-0.2, 0) is 0 Å². The van der Waals surface area contributed by atoms with E-state index in [4.69, 9.17) is 4.74 Å². The monoisotopic (exact) mass is 265 g/mol. The van der Waals surface area contributed by atoms with Crippen molar-refractivity contribution in [2.45, 2.75) is 37.1 Å². The first-order valence-electron chi connectivity index (χ1n) is 6.80. The summed E-state index contributed by atoms with van der Waals surface area (Å²) in [6, 6.07) is 9.07. The normalized spacial score (nSPS) is 20.9. The number of hydrogen-bond acceptors (Lipinski definition) is 3. The van der Waals surface area contributed by atoms with Crippen molar-refractivity contribution in [1.29, 1.82) is 0 Å². The second-order valence-corrected chi connectivity index (χ2v) is 5.78. The Morgan fingerprint density at radius 1 is 1.28 bits per heavy atom. The third-order valence-electron chi connectivity index (χ3n) is 3.65. The molecule has 100 valence electrons. The topological polar surface area (TPSA) is 12.5 Å². The number of piperidine rings is 1. The minimum Gasteiger partial charge on any atom is -0.492 e. The molecule has 0 amide bonds. The number of likely N-dealkylation sites (tertiary alicyclic amines) is 1. The van der Waals surface area contributed by atoms with E-state index in [2.05, 4.69) is 42.3 Å². The molecule has 0 saturated carbocycles. The van der Waals surface area contributed by atoms with Crippen LogP contribution in [0.15, 0.2) is 29.2 Å². The van der Waals surface area contributed by atoms with E-state index in [0.29, 0.717) is 0 Å². The summed E-state index contributed by atoms with van der Waals surface area (Å²) >= 11 is 1.76. The Balaban J connectivity index is 1.73. The Kier molecular flexibility index (Phi) is 5.39. The maximum atomic E-state index is 5.81. The summed E-state index contributed by atoms with van der Waals surface area (Å²) in [5, 5.41) is 0. The largest absolute Gasteiger partial charge is 0.492 e. The molecular formula is C15H23NOS. The molecule has 1 aliphatic heterocycles. The molecule has 0 spiro atoms. The first-order chi connectivity index (χ1) is 8.79. The van der Waals surface area contributed by atoms with E-state index < -0.39 is 0 Å². The molecule has 1 fully saturated rings. The lowest BCUT2D eigenvalue weighted by Gasteiger charge is -2.33. The highest BCUT2D eigenvalue weighted by molar-refractivity contribution is 7.98. The van der Waals surface area contributed by atoms with Crippen molar-refractivity contribution in [3.05, 3.63) is 24.3 Å². The van der Waals surface area contributed by atoms with Crippen LogP contribution >= 0.6 is 11.8 Å². The van der Waals surface area contributed by atoms with E-state index in [9.17, 15) is 0 Å². The lowest BCUT2D eigenvalue weighted by molar-refractivity contribution is 0.133. The van der Waals surface area contributed by atoms with Crippen LogP contribution in [0.3, 0.4) is 0 Å². The standard InChI is InChI=1S/C15H23NOS/c1-13-5-3-4-10-16(13)11-12-17-14-6-8-15(18-2)9-7-14/h6-9,13H,3-5,10-12H2,1-2H3/t13-/m1/s1. The van der Waals surface area contributed by atoms with Gasteiger partial charge in [-0.25, -0.2) is 0 Å². The van der Waals surface area contributed by atoms with Crippen LogP contribution in [0.2, 0.25) is 0 Å². The van der Waals surface area contributed by atoms with Crippen molar-refractivity contribution in [2.75, 3.05) is 26.0 Å². The van der Waals surface area contributed by atoms with E-state index in [1.54, 1.807) is 11.8 Å². The van der Waals surface area contributed by atoms with Crippen LogP contribution in [0.25, 0.3) is 0 Å². The van der Waals surface area contributed by atoms with Gasteiger partial charge in [-0.15, -0.1) is 11.8 Å². The molecule has 1 atom stereocenters. The minimum atomic E-state index is 0.723. The smallest absolute Gasteiger partial charge is 0.119 e. The molecule has 3 heteroatoms. The van der Waals surface area contributed by atoms with Crippen LogP contribution in [0.5, 0.6) is 5.75 Å². The van der Waals surface area contributed by atoms with Gasteiger partial charge >= 0.3 is 0 Å². The van der Waals surface area contributed by atoms with Crippen molar-refractivity contribution in [1.82, 2.24) is 4.90 Å². The lowest BCUT2D eigenvalue weighted by atomic mass is 10.0. The minimum absolute atomic E-state index is 0.723. The van der Waals surface area contributed by atoms with Crippen molar-refractivity contribution >= 4 is 11.8 Å². The Morgan fingerprint density at radius 2 is 2.06 bits per heavy atom. The molecule has 0 N–H and O–H groups in total. The summed E-state index contributed by atoms with van der Waals surface area (Å²) < 4.78 is 5.81. The number of thioether (sulfide) groups is 1. The van der Waals surface area contributed by atoms with Crippen molar-refractivity contribution in [3.8, 4) is 5.75 Å². The van der Waals surface area contributed by atoms with Gasteiger partial charge in [0, 0.05) is 17.5 Å². The van der Waals surface area contributed by atoms with Crippen LogP contribution in [0.1, 0.15) is 26.2 Å². The second-order valence-electron chi connectivity index (χ2n) is 4.90. The van der Waals surface area contributed by atoms with E-state index in [0.717, 1.165) is 24.9 Å². The Morgan fingerprint density at radius 3 is 2.72 bits per heavy atom. The van der Waals surface area contributed by atoms with Crippen LogP contribution < -0.4 is 4.74 Å². The number of nitrogens with zero attached hydrogens (tertiary/aromatic N) is 1. The lowest BCUT2D eigenvalue weighted by Crippen LogP contribution is -2.39. The first-order valence-corrected chi connectivity index (χ1v) is 8.03. The predicted molar refractivity (Wildman–Crippen MR) is 78.6 cm³/mol. The highest BCUT2D eigenvalue weighted by Gasteiger charge is 2.17. The SMILES string of the molecule is CSc1ccc(OCCN2CCCC[C@H]2C)cc1. The predicted octanol–water partition coefficient (Wildman–Crippen LogP) is 3.66. The van der Waals surface area contributed by atoms with Gasteiger partial charge in [-0.05, 0) is 56.8 Å². The zero-order valence-corrected chi connectivity index (χ0v) is 12.2. The molecule has 1 saturated heterocycles. The van der Waals surface area contributed by atoms with Gasteiger partial charge in [0.1, 0.15) is 12.4 Å². The zero-order valence-electron chi connectivity index (χ0n) is 11.4. The summed E-state index contributed by atoms with van der Waals surface area (Å²) in [4.78, 5) is 3.83. The Bertz CT molecular complexity index is 352. The van der Waals surface area contributed by atoms with E-state index in [1.165, 1.54) is 30.7 Å². The number of rotatable bonds is 5. The molecule has 2 rings (SSSR count). The average molecular weight is 265 g/mol. The fraction of sp³-hybridized carbons (Fsp3) is 0.600. The molecule has 1 heterocycles. The quantitative estimate of drug-likeness (QED) is 0.754. The molecular weight excluding hydrogens is 242 g/mol. The maximum absolute atomic E-state index is 5.81. The Labute approximate surface area is 115 Å². The number of ether oxygens (including phenoxy) is 1. The van der Waals surface area contributed by atoms with Gasteiger partial charge in [-0.2, -0.15) is 0 Å². The van der Waals surface area contributed by atoms with Gasteiger partial charge in [0.25, 0.3) is 0 Å². The summed E-state index contributed by atoms with van der Waals surface area (Å²) in [7, 11) is 0. The van der Waals surface area contributed by atoms with E-state index in [-0.39, 0.29) is 0 Å². The van der Waals surface area contributed by atoms with Crippen molar-refractivity contribution in [3.63, 3.8) is 0 Å². The van der Waals surface area contributed by atoms with Gasteiger partial charge in [0.2, 0.25) is 0 Å². The number of hydrogen-bond donors (Lipinski definition) is 0. The van der Waals surface area contributed by atoms with Crippen molar-refractivity contribution in [2.24, 2.45) is 0 Å². The molecule has 0 unspecified atom stereocenters. The van der Waals surface area contributed by atoms with Gasteiger partial charge in [-0.1, -0.05) is 6.42 Å². The molecule has 2 nitrogen and oxygen atoms in total. The Hall–Kier alpha value is -0.670. The molecule has 0 aliphatic carbocycles. The van der Waals surface area contributed by atoms with Crippen LogP contribution in [-0.4, -0.2) is 36.9 Å². The van der Waals surface area contributed by atoms with E-state index in [1.807, 2.05) is 0 Å². The molecule has 0 aromatic heterocycles. The van der Waals surface area contributed by atoms with Gasteiger partial charge < -0.3 is 4.74 Å². The van der Waals surface area contributed by atoms with Gasteiger partial charge in [-0.3, -0.25) is 4.90 Å². The molecule has 0 bridgehead atoms. The molecule has 1 aromatic rings. The molecule has 1 aliphatic rings. The summed E-state index contributed by atoms with van der Waals surface area (Å²) in [6.45, 7) is 5.40. The highest BCUT2D eigenvalue weighted by atomic mass is 32.2. The fourth-order valence-electron chi connectivity index (χ4n) is 2.44. The molecule has 18 heavy (non-hydrogen) atoms. The van der Waals surface area contributed by atoms with Crippen molar-refractivity contribution < 1.29 is 4.74 Å². The summed E-state index contributed by atoms with van der Waals surface area (Å²) in [6.07, 6.45) is 6.15. The van der Waals surface area contributed by atoms with Gasteiger partial charge in [0.15, 0.2) is 0 Å². The van der Waals surface area contributed by atoms with E-state index >= 15 is 0 Å². The van der Waals surface area contributed by atoms with Gasteiger partial charge in [0.05, 0.1) is 0 Å². The second kappa shape index (κ2) is 7.05. The summed E-state index contributed by atoms with van der Waals surface area (Å²) in [5.74, 6) is 0.984. The summed E-state index contributed by atoms with van der Waals surface area (Å²) in [5.41, 5.74) is 0. The maximum Gasteiger partial charge on any atom is 0.119 e. The highest BCUT2D eigenvalue weighted by Crippen LogP contribution is 2.19. The van der Waals surface area contributed by atoms with Crippen LogP contribution in [0, 0.1) is 0 Å². The third kappa shape index (κ3) is 3.92. The van der Waals surface area contributed by atoms with Crippen LogP contribution in [0.4, 0.5) is 0 Å². The molecule has 0 radical (unpaired) electrons.